The zero-order valence-corrected chi connectivity index (χ0v) is 13.7. The summed E-state index contributed by atoms with van der Waals surface area (Å²) in [4.78, 5) is 56.0. The Bertz CT molecular complexity index is 486. The van der Waals surface area contributed by atoms with E-state index in [1.807, 2.05) is 0 Å². The van der Waals surface area contributed by atoms with Gasteiger partial charge >= 0.3 is 23.9 Å². The fourth-order valence-electron chi connectivity index (χ4n) is 1.84. The summed E-state index contributed by atoms with van der Waals surface area (Å²) < 4.78 is 19.4. The van der Waals surface area contributed by atoms with Gasteiger partial charge < -0.3 is 24.1 Å². The molecule has 0 aliphatic heterocycles. The van der Waals surface area contributed by atoms with Crippen LogP contribution in [0.1, 0.15) is 27.7 Å². The SMILES string of the molecule is CC(=O)O[C@H]([C@H](OC(C)=O)[C@@H](CO)OC(C)=O)[C@H](C=O)OC(C)=O. The minimum Gasteiger partial charge on any atom is -0.456 e. The zero-order valence-electron chi connectivity index (χ0n) is 13.7. The largest absolute Gasteiger partial charge is 0.456 e. The molecule has 4 atom stereocenters. The van der Waals surface area contributed by atoms with E-state index in [0.717, 1.165) is 27.7 Å². The molecule has 10 nitrogen and oxygen atoms in total. The van der Waals surface area contributed by atoms with Gasteiger partial charge in [-0.05, 0) is 0 Å². The maximum atomic E-state index is 11.3. The number of aldehydes is 1. The molecule has 0 unspecified atom stereocenters. The van der Waals surface area contributed by atoms with Crippen LogP contribution < -0.4 is 0 Å². The summed E-state index contributed by atoms with van der Waals surface area (Å²) >= 11 is 0. The molecule has 0 amide bonds. The number of aliphatic hydroxyl groups is 1. The summed E-state index contributed by atoms with van der Waals surface area (Å²) in [7, 11) is 0. The Morgan fingerprint density at radius 1 is 0.792 bits per heavy atom. The lowest BCUT2D eigenvalue weighted by molar-refractivity contribution is -0.199. The number of aliphatic hydroxyl groups excluding tert-OH is 1. The molecule has 0 aromatic heterocycles. The second-order valence-electron chi connectivity index (χ2n) is 4.69. The molecule has 0 saturated carbocycles. The highest BCUT2D eigenvalue weighted by molar-refractivity contribution is 5.72. The molecule has 0 spiro atoms. The van der Waals surface area contributed by atoms with Crippen molar-refractivity contribution in [2.24, 2.45) is 0 Å². The maximum absolute atomic E-state index is 11.3. The molecule has 0 heterocycles. The molecule has 1 N–H and O–H groups in total. The van der Waals surface area contributed by atoms with Crippen molar-refractivity contribution in [1.82, 2.24) is 0 Å². The van der Waals surface area contributed by atoms with Gasteiger partial charge in [-0.25, -0.2) is 0 Å². The van der Waals surface area contributed by atoms with Crippen LogP contribution in [0.2, 0.25) is 0 Å². The predicted molar refractivity (Wildman–Crippen MR) is 75.4 cm³/mol. The van der Waals surface area contributed by atoms with Crippen molar-refractivity contribution in [1.29, 1.82) is 0 Å². The van der Waals surface area contributed by atoms with Crippen LogP contribution in [0, 0.1) is 0 Å². The van der Waals surface area contributed by atoms with Crippen LogP contribution in [-0.4, -0.2) is 66.3 Å². The van der Waals surface area contributed by atoms with E-state index in [9.17, 15) is 29.1 Å². The number of rotatable bonds is 9. The fourth-order valence-corrected chi connectivity index (χ4v) is 1.84. The van der Waals surface area contributed by atoms with Crippen molar-refractivity contribution < 1.29 is 48.0 Å². The van der Waals surface area contributed by atoms with Crippen molar-refractivity contribution in [2.45, 2.75) is 52.1 Å². The van der Waals surface area contributed by atoms with E-state index in [-0.39, 0.29) is 6.29 Å². The van der Waals surface area contributed by atoms with Gasteiger partial charge in [-0.2, -0.15) is 0 Å². The van der Waals surface area contributed by atoms with E-state index in [4.69, 9.17) is 18.9 Å². The van der Waals surface area contributed by atoms with Crippen molar-refractivity contribution in [3.8, 4) is 0 Å². The molecule has 0 aliphatic rings. The molecule has 0 aromatic carbocycles. The first kappa shape index (κ1) is 21.5. The summed E-state index contributed by atoms with van der Waals surface area (Å²) in [5, 5.41) is 9.37. The number of hydrogen-bond acceptors (Lipinski definition) is 10. The number of ether oxygens (including phenoxy) is 4. The van der Waals surface area contributed by atoms with Gasteiger partial charge in [-0.15, -0.1) is 0 Å². The van der Waals surface area contributed by atoms with Crippen molar-refractivity contribution in [2.75, 3.05) is 6.61 Å². The summed E-state index contributed by atoms with van der Waals surface area (Å²) in [6, 6.07) is 0. The number of hydrogen-bond donors (Lipinski definition) is 1. The third-order valence-electron chi connectivity index (χ3n) is 2.55. The molecule has 0 aromatic rings. The lowest BCUT2D eigenvalue weighted by atomic mass is 10.0. The van der Waals surface area contributed by atoms with Gasteiger partial charge in [0.2, 0.25) is 0 Å². The average Bonchev–Trinajstić information content (AvgIpc) is 2.45. The first-order valence-corrected chi connectivity index (χ1v) is 6.87. The quantitative estimate of drug-likeness (QED) is 0.310. The lowest BCUT2D eigenvalue weighted by Gasteiger charge is -2.33. The molecular weight excluding hydrogens is 328 g/mol. The maximum Gasteiger partial charge on any atom is 0.303 e. The number of carbonyl (C=O) groups excluding carboxylic acids is 5. The van der Waals surface area contributed by atoms with E-state index >= 15 is 0 Å². The number of carbonyl (C=O) groups is 5. The van der Waals surface area contributed by atoms with Gasteiger partial charge in [0, 0.05) is 27.7 Å². The van der Waals surface area contributed by atoms with Crippen LogP contribution in [0.15, 0.2) is 0 Å². The van der Waals surface area contributed by atoms with Crippen LogP contribution in [0.3, 0.4) is 0 Å². The minimum atomic E-state index is -1.64. The Morgan fingerprint density at radius 2 is 1.21 bits per heavy atom. The summed E-state index contributed by atoms with van der Waals surface area (Å²) in [5.74, 6) is -3.42. The van der Waals surface area contributed by atoms with Gasteiger partial charge in [-0.1, -0.05) is 0 Å². The molecule has 24 heavy (non-hydrogen) atoms. The molecule has 136 valence electrons. The monoisotopic (exact) mass is 348 g/mol. The molecule has 10 heteroatoms. The van der Waals surface area contributed by atoms with Gasteiger partial charge in [0.15, 0.2) is 30.7 Å². The Hall–Kier alpha value is -2.49. The van der Waals surface area contributed by atoms with Crippen molar-refractivity contribution in [3.63, 3.8) is 0 Å². The van der Waals surface area contributed by atoms with E-state index in [1.54, 1.807) is 0 Å². The third kappa shape index (κ3) is 7.68. The first-order valence-electron chi connectivity index (χ1n) is 6.87. The van der Waals surface area contributed by atoms with Crippen molar-refractivity contribution >= 4 is 30.2 Å². The van der Waals surface area contributed by atoms with E-state index in [2.05, 4.69) is 0 Å². The van der Waals surface area contributed by atoms with Gasteiger partial charge in [-0.3, -0.25) is 24.0 Å². The highest BCUT2D eigenvalue weighted by Gasteiger charge is 2.43. The fraction of sp³-hybridized carbons (Fsp3) is 0.643. The van der Waals surface area contributed by atoms with Crippen LogP contribution in [-0.2, 0) is 42.9 Å². The smallest absolute Gasteiger partial charge is 0.303 e. The summed E-state index contributed by atoms with van der Waals surface area (Å²) in [6.45, 7) is 3.27. The topological polar surface area (TPSA) is 142 Å². The molecule has 0 rings (SSSR count). The van der Waals surface area contributed by atoms with E-state index in [0.29, 0.717) is 0 Å². The normalized spacial score (nSPS) is 15.2. The van der Waals surface area contributed by atoms with Crippen LogP contribution in [0.4, 0.5) is 0 Å². The second-order valence-corrected chi connectivity index (χ2v) is 4.69. The van der Waals surface area contributed by atoms with Gasteiger partial charge in [0.25, 0.3) is 0 Å². The first-order chi connectivity index (χ1) is 11.1. The Kier molecular flexibility index (Phi) is 9.25. The molecule has 0 aliphatic carbocycles. The standard InChI is InChI=1S/C14H20O10/c1-7(17)21-11(5-15)13(23-9(3)19)14(24-10(4)20)12(6-16)22-8(2)18/h5,11-14,16H,6H2,1-4H3/t11-,12+,13-,14+/m0/s1. The Balaban J connectivity index is 5.79. The van der Waals surface area contributed by atoms with Crippen molar-refractivity contribution in [3.05, 3.63) is 0 Å². The van der Waals surface area contributed by atoms with Crippen LogP contribution in [0.25, 0.3) is 0 Å². The lowest BCUT2D eigenvalue weighted by Crippen LogP contribution is -2.53. The summed E-state index contributed by atoms with van der Waals surface area (Å²) in [5.41, 5.74) is 0. The van der Waals surface area contributed by atoms with Crippen LogP contribution in [0.5, 0.6) is 0 Å². The van der Waals surface area contributed by atoms with E-state index < -0.39 is 54.9 Å². The zero-order chi connectivity index (χ0) is 18.9. The molecule has 0 saturated heterocycles. The second kappa shape index (κ2) is 10.3. The highest BCUT2D eigenvalue weighted by atomic mass is 16.6. The molecular formula is C14H20O10. The molecule has 0 radical (unpaired) electrons. The number of esters is 4. The Labute approximate surface area is 138 Å². The van der Waals surface area contributed by atoms with Gasteiger partial charge in [0.1, 0.15) is 0 Å². The van der Waals surface area contributed by atoms with Crippen LogP contribution >= 0.6 is 0 Å². The summed E-state index contributed by atoms with van der Waals surface area (Å²) in [6.07, 6.45) is -6.12. The third-order valence-corrected chi connectivity index (χ3v) is 2.55. The average molecular weight is 348 g/mol. The Morgan fingerprint density at radius 3 is 1.54 bits per heavy atom. The molecule has 0 bridgehead atoms. The highest BCUT2D eigenvalue weighted by Crippen LogP contribution is 2.18. The predicted octanol–water partition coefficient (Wildman–Crippen LogP) is -1.10. The van der Waals surface area contributed by atoms with E-state index in [1.165, 1.54) is 0 Å². The minimum absolute atomic E-state index is 0.160. The van der Waals surface area contributed by atoms with Gasteiger partial charge in [0.05, 0.1) is 6.61 Å². The molecule has 0 fully saturated rings.